The van der Waals surface area contributed by atoms with Crippen molar-refractivity contribution in [2.45, 2.75) is 11.4 Å². The number of benzene rings is 2. The molecule has 0 atom stereocenters. The lowest BCUT2D eigenvalue weighted by molar-refractivity contribution is 0.397. The zero-order valence-electron chi connectivity index (χ0n) is 13.9. The van der Waals surface area contributed by atoms with Gasteiger partial charge in [0.05, 0.1) is 21.8 Å². The summed E-state index contributed by atoms with van der Waals surface area (Å²) < 4.78 is 40.7. The minimum atomic E-state index is -3.82. The second-order valence-electron chi connectivity index (χ2n) is 5.98. The average Bonchev–Trinajstić information content (AvgIpc) is 2.55. The van der Waals surface area contributed by atoms with E-state index in [9.17, 15) is 12.8 Å². The molecule has 0 aliphatic heterocycles. The molecular formula is C18H18FN3O2S. The average molecular weight is 359 g/mol. The van der Waals surface area contributed by atoms with E-state index in [1.54, 1.807) is 12.1 Å². The third-order valence-corrected chi connectivity index (χ3v) is 5.01. The topological polar surface area (TPSA) is 62.3 Å². The normalized spacial score (nSPS) is 11.8. The van der Waals surface area contributed by atoms with E-state index in [2.05, 4.69) is 9.71 Å². The SMILES string of the molecule is CN(C)Cc1ccc2cccc(NS(=O)(=O)c3ccc(F)cc3)c2n1. The van der Waals surface area contributed by atoms with Crippen molar-refractivity contribution >= 4 is 26.6 Å². The minimum absolute atomic E-state index is 0.00431. The van der Waals surface area contributed by atoms with E-state index in [1.807, 2.05) is 37.2 Å². The van der Waals surface area contributed by atoms with E-state index in [-0.39, 0.29) is 4.90 Å². The Labute approximate surface area is 146 Å². The van der Waals surface area contributed by atoms with Crippen molar-refractivity contribution in [2.24, 2.45) is 0 Å². The summed E-state index contributed by atoms with van der Waals surface area (Å²) in [6.07, 6.45) is 0. The number of fused-ring (bicyclic) bond motifs is 1. The summed E-state index contributed by atoms with van der Waals surface area (Å²) in [7, 11) is 0.0545. The van der Waals surface area contributed by atoms with Crippen LogP contribution >= 0.6 is 0 Å². The van der Waals surface area contributed by atoms with Gasteiger partial charge < -0.3 is 4.90 Å². The van der Waals surface area contributed by atoms with Gasteiger partial charge in [0.1, 0.15) is 5.82 Å². The number of hydrogen-bond acceptors (Lipinski definition) is 4. The van der Waals surface area contributed by atoms with Crippen LogP contribution in [0.25, 0.3) is 10.9 Å². The van der Waals surface area contributed by atoms with Gasteiger partial charge in [0.25, 0.3) is 10.0 Å². The zero-order chi connectivity index (χ0) is 18.0. The first kappa shape index (κ1) is 17.3. The highest BCUT2D eigenvalue weighted by molar-refractivity contribution is 7.92. The van der Waals surface area contributed by atoms with Gasteiger partial charge >= 0.3 is 0 Å². The van der Waals surface area contributed by atoms with Crippen molar-refractivity contribution < 1.29 is 12.8 Å². The quantitative estimate of drug-likeness (QED) is 0.760. The standard InChI is InChI=1S/C18H18FN3O2S/c1-22(2)12-15-9-6-13-4-3-5-17(18(13)20-15)21-25(23,24)16-10-7-14(19)8-11-16/h3-11,21H,12H2,1-2H3. The second-order valence-corrected chi connectivity index (χ2v) is 7.66. The monoisotopic (exact) mass is 359 g/mol. The Kier molecular flexibility index (Phi) is 4.69. The summed E-state index contributed by atoms with van der Waals surface area (Å²) >= 11 is 0. The van der Waals surface area contributed by atoms with Crippen LogP contribution in [0.1, 0.15) is 5.69 Å². The summed E-state index contributed by atoms with van der Waals surface area (Å²) in [6, 6.07) is 13.8. The third-order valence-electron chi connectivity index (χ3n) is 3.62. The maximum atomic E-state index is 13.0. The molecule has 1 aromatic heterocycles. The maximum Gasteiger partial charge on any atom is 0.261 e. The molecule has 0 saturated heterocycles. The summed E-state index contributed by atoms with van der Waals surface area (Å²) in [5, 5.41) is 0.835. The van der Waals surface area contributed by atoms with Crippen LogP contribution in [0, 0.1) is 5.82 Å². The fourth-order valence-corrected chi connectivity index (χ4v) is 3.57. The number of pyridine rings is 1. The van der Waals surface area contributed by atoms with Crippen LogP contribution in [-0.4, -0.2) is 32.4 Å². The van der Waals surface area contributed by atoms with E-state index in [0.717, 1.165) is 23.2 Å². The van der Waals surface area contributed by atoms with Gasteiger partial charge in [-0.15, -0.1) is 0 Å². The van der Waals surface area contributed by atoms with Gasteiger partial charge in [-0.25, -0.2) is 17.8 Å². The summed E-state index contributed by atoms with van der Waals surface area (Å²) in [6.45, 7) is 0.648. The van der Waals surface area contributed by atoms with Gasteiger partial charge in [-0.2, -0.15) is 0 Å². The fraction of sp³-hybridized carbons (Fsp3) is 0.167. The fourth-order valence-electron chi connectivity index (χ4n) is 2.50. The zero-order valence-corrected chi connectivity index (χ0v) is 14.7. The molecule has 0 bridgehead atoms. The van der Waals surface area contributed by atoms with Crippen molar-refractivity contribution in [3.63, 3.8) is 0 Å². The number of halogens is 1. The Morgan fingerprint density at radius 3 is 2.44 bits per heavy atom. The highest BCUT2D eigenvalue weighted by atomic mass is 32.2. The van der Waals surface area contributed by atoms with Gasteiger partial charge in [0.2, 0.25) is 0 Å². The molecule has 0 saturated carbocycles. The number of aromatic nitrogens is 1. The third kappa shape index (κ3) is 3.94. The van der Waals surface area contributed by atoms with Gasteiger partial charge in [0.15, 0.2) is 0 Å². The molecule has 0 aliphatic rings. The van der Waals surface area contributed by atoms with E-state index in [0.29, 0.717) is 17.7 Å². The largest absolute Gasteiger partial charge is 0.304 e. The van der Waals surface area contributed by atoms with E-state index in [1.165, 1.54) is 12.1 Å². The van der Waals surface area contributed by atoms with E-state index < -0.39 is 15.8 Å². The molecule has 0 unspecified atom stereocenters. The molecular weight excluding hydrogens is 341 g/mol. The Bertz CT molecular complexity index is 1000. The number of nitrogens with zero attached hydrogens (tertiary/aromatic N) is 2. The molecule has 0 fully saturated rings. The van der Waals surface area contributed by atoms with Crippen LogP contribution in [0.3, 0.4) is 0 Å². The molecule has 0 radical (unpaired) electrons. The van der Waals surface area contributed by atoms with Crippen LogP contribution < -0.4 is 4.72 Å². The lowest BCUT2D eigenvalue weighted by Gasteiger charge is -2.13. The summed E-state index contributed by atoms with van der Waals surface area (Å²) in [5.74, 6) is -0.487. The van der Waals surface area contributed by atoms with Crippen LogP contribution in [0.15, 0.2) is 59.5 Å². The first-order chi connectivity index (χ1) is 11.8. The molecule has 25 heavy (non-hydrogen) atoms. The van der Waals surface area contributed by atoms with Gasteiger partial charge in [0, 0.05) is 11.9 Å². The molecule has 3 rings (SSSR count). The molecule has 1 N–H and O–H groups in total. The number of sulfonamides is 1. The molecule has 130 valence electrons. The number of nitrogens with one attached hydrogen (secondary N) is 1. The number of anilines is 1. The van der Waals surface area contributed by atoms with Crippen LogP contribution in [0.2, 0.25) is 0 Å². The van der Waals surface area contributed by atoms with Crippen molar-refractivity contribution in [1.82, 2.24) is 9.88 Å². The Morgan fingerprint density at radius 2 is 1.76 bits per heavy atom. The molecule has 0 spiro atoms. The van der Waals surface area contributed by atoms with E-state index in [4.69, 9.17) is 0 Å². The van der Waals surface area contributed by atoms with Crippen LogP contribution in [-0.2, 0) is 16.6 Å². The Balaban J connectivity index is 2.01. The second kappa shape index (κ2) is 6.78. The van der Waals surface area contributed by atoms with Crippen LogP contribution in [0.5, 0.6) is 0 Å². The Morgan fingerprint density at radius 1 is 1.04 bits per heavy atom. The number of hydrogen-bond donors (Lipinski definition) is 1. The van der Waals surface area contributed by atoms with Crippen molar-refractivity contribution in [3.8, 4) is 0 Å². The van der Waals surface area contributed by atoms with Gasteiger partial charge in [-0.05, 0) is 50.5 Å². The predicted octanol–water partition coefficient (Wildman–Crippen LogP) is 3.24. The lowest BCUT2D eigenvalue weighted by atomic mass is 10.2. The minimum Gasteiger partial charge on any atom is -0.304 e. The van der Waals surface area contributed by atoms with Gasteiger partial charge in [-0.3, -0.25) is 4.72 Å². The summed E-state index contributed by atoms with van der Waals surface area (Å²) in [4.78, 5) is 6.56. The van der Waals surface area contributed by atoms with Crippen molar-refractivity contribution in [2.75, 3.05) is 18.8 Å². The summed E-state index contributed by atoms with van der Waals surface area (Å²) in [5.41, 5.74) is 1.81. The smallest absolute Gasteiger partial charge is 0.261 e. The molecule has 0 amide bonds. The molecule has 2 aromatic carbocycles. The number of rotatable bonds is 5. The highest BCUT2D eigenvalue weighted by Crippen LogP contribution is 2.25. The first-order valence-corrected chi connectivity index (χ1v) is 9.15. The molecule has 0 aliphatic carbocycles. The number of para-hydroxylation sites is 1. The van der Waals surface area contributed by atoms with Crippen molar-refractivity contribution in [3.05, 3.63) is 66.1 Å². The Hall–Kier alpha value is -2.51. The van der Waals surface area contributed by atoms with Gasteiger partial charge in [-0.1, -0.05) is 18.2 Å². The van der Waals surface area contributed by atoms with Crippen LogP contribution in [0.4, 0.5) is 10.1 Å². The van der Waals surface area contributed by atoms with Crippen molar-refractivity contribution in [1.29, 1.82) is 0 Å². The molecule has 5 nitrogen and oxygen atoms in total. The lowest BCUT2D eigenvalue weighted by Crippen LogP contribution is -2.14. The molecule has 3 aromatic rings. The maximum absolute atomic E-state index is 13.0. The highest BCUT2D eigenvalue weighted by Gasteiger charge is 2.16. The molecule has 1 heterocycles. The predicted molar refractivity (Wildman–Crippen MR) is 96.3 cm³/mol. The first-order valence-electron chi connectivity index (χ1n) is 7.67. The van der Waals surface area contributed by atoms with E-state index >= 15 is 0 Å². The molecule has 7 heteroatoms.